The van der Waals surface area contributed by atoms with Crippen molar-refractivity contribution in [1.29, 1.82) is 0 Å². The molecular formula is C15H24ClN3OSi. The quantitative estimate of drug-likeness (QED) is 0.606. The highest BCUT2D eigenvalue weighted by Crippen LogP contribution is 2.37. The lowest BCUT2D eigenvalue weighted by Crippen LogP contribution is -2.41. The molecule has 0 fully saturated rings. The van der Waals surface area contributed by atoms with Crippen LogP contribution in [-0.2, 0) is 4.43 Å². The second-order valence-electron chi connectivity index (χ2n) is 7.05. The van der Waals surface area contributed by atoms with Crippen molar-refractivity contribution in [3.8, 4) is 0 Å². The Balaban J connectivity index is 2.17. The molecule has 0 saturated heterocycles. The van der Waals surface area contributed by atoms with E-state index in [9.17, 15) is 0 Å². The van der Waals surface area contributed by atoms with Gasteiger partial charge in [0, 0.05) is 6.20 Å². The van der Waals surface area contributed by atoms with Crippen molar-refractivity contribution >= 4 is 31.0 Å². The summed E-state index contributed by atoms with van der Waals surface area (Å²) in [4.78, 5) is 8.35. The molecule has 0 aliphatic rings. The first kappa shape index (κ1) is 16.5. The molecule has 0 amide bonds. The first-order chi connectivity index (χ1) is 9.63. The molecule has 0 radical (unpaired) electrons. The van der Waals surface area contributed by atoms with Gasteiger partial charge in [0.15, 0.2) is 8.32 Å². The van der Waals surface area contributed by atoms with Crippen LogP contribution in [0.1, 0.15) is 33.7 Å². The van der Waals surface area contributed by atoms with Gasteiger partial charge in [0.2, 0.25) is 0 Å². The predicted octanol–water partition coefficient (Wildman–Crippen LogP) is 4.67. The molecule has 0 saturated carbocycles. The first-order valence-electron chi connectivity index (χ1n) is 7.24. The minimum Gasteiger partial charge on any atom is -0.415 e. The van der Waals surface area contributed by atoms with Crippen molar-refractivity contribution < 1.29 is 4.43 Å². The van der Waals surface area contributed by atoms with Crippen molar-refractivity contribution in [3.05, 3.63) is 23.7 Å². The van der Waals surface area contributed by atoms with Crippen LogP contribution in [0.15, 0.2) is 18.6 Å². The molecule has 4 nitrogen and oxygen atoms in total. The van der Waals surface area contributed by atoms with E-state index in [0.29, 0.717) is 11.8 Å². The Bertz CT molecular complexity index is 633. The molecule has 2 heterocycles. The second-order valence-corrected chi connectivity index (χ2v) is 12.2. The second kappa shape index (κ2) is 5.70. The molecule has 0 aliphatic heterocycles. The zero-order valence-corrected chi connectivity index (χ0v) is 15.4. The number of hydrogen-bond donors (Lipinski definition) is 0. The maximum atomic E-state index is 6.30. The molecule has 0 bridgehead atoms. The van der Waals surface area contributed by atoms with E-state index in [1.165, 1.54) is 6.33 Å². The minimum absolute atomic E-state index is 0.211. The Morgan fingerprint density at radius 3 is 2.62 bits per heavy atom. The minimum atomic E-state index is -1.73. The summed E-state index contributed by atoms with van der Waals surface area (Å²) in [6.07, 6.45) is 3.51. The molecule has 2 aromatic rings. The highest BCUT2D eigenvalue weighted by Gasteiger charge is 2.37. The molecule has 0 aliphatic carbocycles. The highest BCUT2D eigenvalue weighted by atomic mass is 35.5. The third-order valence-corrected chi connectivity index (χ3v) is 9.23. The van der Waals surface area contributed by atoms with Crippen molar-refractivity contribution in [1.82, 2.24) is 14.5 Å². The van der Waals surface area contributed by atoms with Crippen LogP contribution < -0.4 is 0 Å². The topological polar surface area (TPSA) is 39.9 Å². The lowest BCUT2D eigenvalue weighted by molar-refractivity contribution is 0.241. The van der Waals surface area contributed by atoms with Crippen molar-refractivity contribution in [3.63, 3.8) is 0 Å². The maximum Gasteiger partial charge on any atom is 0.192 e. The molecule has 116 valence electrons. The van der Waals surface area contributed by atoms with Gasteiger partial charge in [-0.2, -0.15) is 0 Å². The molecule has 1 atom stereocenters. The average molecular weight is 326 g/mol. The Morgan fingerprint density at radius 1 is 1.33 bits per heavy atom. The van der Waals surface area contributed by atoms with Gasteiger partial charge in [0.05, 0.1) is 18.0 Å². The van der Waals surface area contributed by atoms with Crippen LogP contribution in [0.5, 0.6) is 0 Å². The third-order valence-electron chi connectivity index (χ3n) is 4.43. The zero-order valence-electron chi connectivity index (χ0n) is 13.6. The molecule has 6 heteroatoms. The number of halogens is 1. The van der Waals surface area contributed by atoms with E-state index in [1.54, 1.807) is 0 Å². The molecule has 2 aromatic heterocycles. The van der Waals surface area contributed by atoms with Gasteiger partial charge in [-0.15, -0.1) is 0 Å². The Labute approximate surface area is 132 Å². The van der Waals surface area contributed by atoms with Gasteiger partial charge in [-0.25, -0.2) is 9.97 Å². The van der Waals surface area contributed by atoms with Gasteiger partial charge in [-0.1, -0.05) is 32.4 Å². The highest BCUT2D eigenvalue weighted by molar-refractivity contribution is 6.74. The molecule has 0 aromatic carbocycles. The van der Waals surface area contributed by atoms with Crippen LogP contribution in [0.25, 0.3) is 11.0 Å². The molecule has 0 spiro atoms. The number of nitrogens with zero attached hydrogens (tertiary/aromatic N) is 3. The van der Waals surface area contributed by atoms with E-state index < -0.39 is 8.32 Å². The van der Waals surface area contributed by atoms with Crippen LogP contribution in [0.4, 0.5) is 0 Å². The predicted molar refractivity (Wildman–Crippen MR) is 90.4 cm³/mol. The molecule has 21 heavy (non-hydrogen) atoms. The summed E-state index contributed by atoms with van der Waals surface area (Å²) >= 11 is 6.10. The van der Waals surface area contributed by atoms with Crippen molar-refractivity contribution in [2.24, 2.45) is 0 Å². The lowest BCUT2D eigenvalue weighted by atomic mass is 10.2. The smallest absolute Gasteiger partial charge is 0.192 e. The number of hydrogen-bond acceptors (Lipinski definition) is 3. The summed E-state index contributed by atoms with van der Waals surface area (Å²) < 4.78 is 8.41. The fourth-order valence-corrected chi connectivity index (χ4v) is 3.20. The molecule has 0 unspecified atom stereocenters. The van der Waals surface area contributed by atoms with Crippen molar-refractivity contribution in [2.45, 2.75) is 51.9 Å². The fraction of sp³-hybridized carbons (Fsp3) is 0.600. The van der Waals surface area contributed by atoms with Crippen LogP contribution >= 0.6 is 11.6 Å². The van der Waals surface area contributed by atoms with Gasteiger partial charge >= 0.3 is 0 Å². The Hall–Kier alpha value is -0.913. The fourth-order valence-electron chi connectivity index (χ4n) is 1.92. The zero-order chi connectivity index (χ0) is 15.8. The maximum absolute atomic E-state index is 6.30. The van der Waals surface area contributed by atoms with Gasteiger partial charge < -0.3 is 8.99 Å². The van der Waals surface area contributed by atoms with Crippen LogP contribution in [0, 0.1) is 0 Å². The Morgan fingerprint density at radius 2 is 2.00 bits per heavy atom. The summed E-state index contributed by atoms with van der Waals surface area (Å²) in [5, 5.41) is 1.60. The van der Waals surface area contributed by atoms with Crippen LogP contribution in [0.3, 0.4) is 0 Å². The lowest BCUT2D eigenvalue weighted by Gasteiger charge is -2.37. The standard InChI is InChI=1S/C15H24ClN3OSi/c1-11(9-20-21(5,6)15(2,3)4)19-8-7-12-13(16)17-10-18-14(12)19/h7-8,10-11H,9H2,1-6H3/t11-/m1/s1. The van der Waals surface area contributed by atoms with Crippen LogP contribution in [0.2, 0.25) is 23.3 Å². The number of aromatic nitrogens is 3. The van der Waals surface area contributed by atoms with E-state index in [1.807, 2.05) is 12.3 Å². The molecule has 0 N–H and O–H groups in total. The summed E-state index contributed by atoms with van der Waals surface area (Å²) in [6.45, 7) is 14.1. The SMILES string of the molecule is C[C@H](CO[Si](C)(C)C(C)(C)C)n1ccc2c(Cl)ncnc21. The molecule has 2 rings (SSSR count). The summed E-state index contributed by atoms with van der Waals surface area (Å²) in [5.41, 5.74) is 0.862. The summed E-state index contributed by atoms with van der Waals surface area (Å²) in [5.74, 6) is 0. The van der Waals surface area contributed by atoms with Gasteiger partial charge in [-0.05, 0) is 31.1 Å². The van der Waals surface area contributed by atoms with E-state index in [4.69, 9.17) is 16.0 Å². The summed E-state index contributed by atoms with van der Waals surface area (Å²) in [7, 11) is -1.73. The van der Waals surface area contributed by atoms with Gasteiger partial charge in [-0.3, -0.25) is 0 Å². The Kier molecular flexibility index (Phi) is 4.47. The van der Waals surface area contributed by atoms with Crippen LogP contribution in [-0.4, -0.2) is 29.5 Å². The third kappa shape index (κ3) is 3.30. The average Bonchev–Trinajstić information content (AvgIpc) is 2.80. The van der Waals surface area contributed by atoms with Gasteiger partial charge in [0.25, 0.3) is 0 Å². The number of fused-ring (bicyclic) bond motifs is 1. The normalized spacial score (nSPS) is 14.6. The largest absolute Gasteiger partial charge is 0.415 e. The summed E-state index contributed by atoms with van der Waals surface area (Å²) in [6, 6.07) is 2.17. The molecular weight excluding hydrogens is 302 g/mol. The first-order valence-corrected chi connectivity index (χ1v) is 10.5. The van der Waals surface area contributed by atoms with E-state index >= 15 is 0 Å². The van der Waals surface area contributed by atoms with E-state index in [0.717, 1.165) is 11.0 Å². The van der Waals surface area contributed by atoms with Crippen molar-refractivity contribution in [2.75, 3.05) is 6.61 Å². The monoisotopic (exact) mass is 325 g/mol. The van der Waals surface area contributed by atoms with E-state index in [-0.39, 0.29) is 11.1 Å². The van der Waals surface area contributed by atoms with E-state index in [2.05, 4.69) is 55.3 Å². The number of rotatable bonds is 4. The van der Waals surface area contributed by atoms with Gasteiger partial charge in [0.1, 0.15) is 17.1 Å².